The Morgan fingerprint density at radius 2 is 1.94 bits per heavy atom. The summed E-state index contributed by atoms with van der Waals surface area (Å²) in [5.41, 5.74) is -0.359. The first kappa shape index (κ1) is 11.2. The van der Waals surface area contributed by atoms with Gasteiger partial charge in [0.2, 0.25) is 0 Å². The molecule has 2 rings (SSSR count). The van der Waals surface area contributed by atoms with Crippen LogP contribution in [0.15, 0.2) is 38.4 Å². The van der Waals surface area contributed by atoms with E-state index in [1.807, 2.05) is 0 Å². The Morgan fingerprint density at radius 1 is 1.29 bits per heavy atom. The zero-order valence-electron chi connectivity index (χ0n) is 8.99. The molecule has 7 heteroatoms. The molecular formula is C10H10N2O5. The van der Waals surface area contributed by atoms with Gasteiger partial charge in [-0.05, 0) is 24.3 Å². The first-order chi connectivity index (χ1) is 8.17. The predicted octanol–water partition coefficient (Wildman–Crippen LogP) is -0.449. The van der Waals surface area contributed by atoms with Gasteiger partial charge in [-0.2, -0.15) is 0 Å². The maximum Gasteiger partial charge on any atom is 0.445 e. The SMILES string of the molecule is COc1ccc(-n2oc(=O)n(CO)c2=O)cc1. The lowest BCUT2D eigenvalue weighted by Crippen LogP contribution is -2.28. The van der Waals surface area contributed by atoms with Gasteiger partial charge in [-0.15, -0.1) is 4.74 Å². The van der Waals surface area contributed by atoms with Gasteiger partial charge >= 0.3 is 11.4 Å². The average molecular weight is 238 g/mol. The van der Waals surface area contributed by atoms with Crippen molar-refractivity contribution in [2.75, 3.05) is 7.11 Å². The van der Waals surface area contributed by atoms with Crippen LogP contribution in [0.25, 0.3) is 5.69 Å². The molecule has 0 spiro atoms. The van der Waals surface area contributed by atoms with E-state index < -0.39 is 18.2 Å². The lowest BCUT2D eigenvalue weighted by atomic mass is 10.3. The minimum Gasteiger partial charge on any atom is -0.497 e. The Balaban J connectivity index is 2.53. The van der Waals surface area contributed by atoms with Crippen molar-refractivity contribution in [1.82, 2.24) is 9.31 Å². The number of hydrogen-bond donors (Lipinski definition) is 1. The second kappa shape index (κ2) is 4.30. The van der Waals surface area contributed by atoms with Crippen molar-refractivity contribution in [3.63, 3.8) is 0 Å². The summed E-state index contributed by atoms with van der Waals surface area (Å²) in [5, 5.41) is 8.81. The molecule has 1 heterocycles. The Bertz CT molecular complexity index is 619. The maximum absolute atomic E-state index is 11.6. The first-order valence-corrected chi connectivity index (χ1v) is 4.76. The molecule has 0 bridgehead atoms. The molecule has 0 saturated carbocycles. The molecule has 7 nitrogen and oxygen atoms in total. The summed E-state index contributed by atoms with van der Waals surface area (Å²) in [6.45, 7) is -0.718. The molecule has 0 aliphatic carbocycles. The summed E-state index contributed by atoms with van der Waals surface area (Å²) in [6.07, 6.45) is 0. The van der Waals surface area contributed by atoms with Crippen molar-refractivity contribution in [2.45, 2.75) is 6.73 Å². The van der Waals surface area contributed by atoms with Crippen LogP contribution in [0.2, 0.25) is 0 Å². The highest BCUT2D eigenvalue weighted by Crippen LogP contribution is 2.12. The van der Waals surface area contributed by atoms with Gasteiger partial charge in [0.1, 0.15) is 12.5 Å². The molecule has 0 saturated heterocycles. The molecule has 0 atom stereocenters. The van der Waals surface area contributed by atoms with Gasteiger partial charge in [-0.3, -0.25) is 0 Å². The van der Waals surface area contributed by atoms with Crippen molar-refractivity contribution in [1.29, 1.82) is 0 Å². The van der Waals surface area contributed by atoms with E-state index in [4.69, 9.17) is 14.4 Å². The van der Waals surface area contributed by atoms with Gasteiger partial charge in [0.25, 0.3) is 0 Å². The summed E-state index contributed by atoms with van der Waals surface area (Å²) < 4.78 is 11.0. The molecule has 0 amide bonds. The van der Waals surface area contributed by atoms with Gasteiger partial charge in [0.15, 0.2) is 0 Å². The van der Waals surface area contributed by atoms with Crippen LogP contribution in [0.3, 0.4) is 0 Å². The summed E-state index contributed by atoms with van der Waals surface area (Å²) in [7, 11) is 1.52. The van der Waals surface area contributed by atoms with E-state index in [9.17, 15) is 9.59 Å². The number of aliphatic hydroxyl groups excluding tert-OH is 1. The zero-order chi connectivity index (χ0) is 12.4. The average Bonchev–Trinajstić information content (AvgIpc) is 2.64. The number of rotatable bonds is 3. The zero-order valence-corrected chi connectivity index (χ0v) is 8.99. The third-order valence-electron chi connectivity index (χ3n) is 2.24. The van der Waals surface area contributed by atoms with Gasteiger partial charge in [0, 0.05) is 0 Å². The number of hydrogen-bond acceptors (Lipinski definition) is 5. The van der Waals surface area contributed by atoms with E-state index in [0.717, 1.165) is 4.74 Å². The highest BCUT2D eigenvalue weighted by molar-refractivity contribution is 5.35. The third kappa shape index (κ3) is 1.87. The van der Waals surface area contributed by atoms with E-state index in [1.165, 1.54) is 7.11 Å². The second-order valence-corrected chi connectivity index (χ2v) is 3.20. The summed E-state index contributed by atoms with van der Waals surface area (Å²) in [4.78, 5) is 22.8. The Labute approximate surface area is 95.1 Å². The maximum atomic E-state index is 11.6. The van der Waals surface area contributed by atoms with Crippen LogP contribution >= 0.6 is 0 Å². The van der Waals surface area contributed by atoms with Crippen molar-refractivity contribution < 1.29 is 14.4 Å². The topological polar surface area (TPSA) is 86.6 Å². The number of aromatic nitrogens is 2. The fraction of sp³-hybridized carbons (Fsp3) is 0.200. The molecule has 1 aromatic carbocycles. The molecular weight excluding hydrogens is 228 g/mol. The van der Waals surface area contributed by atoms with E-state index in [1.54, 1.807) is 24.3 Å². The Morgan fingerprint density at radius 3 is 2.41 bits per heavy atom. The lowest BCUT2D eigenvalue weighted by molar-refractivity contribution is 0.196. The van der Waals surface area contributed by atoms with Crippen LogP contribution in [-0.2, 0) is 6.73 Å². The predicted molar refractivity (Wildman–Crippen MR) is 57.3 cm³/mol. The molecule has 0 aliphatic rings. The minimum absolute atomic E-state index is 0.375. The fourth-order valence-corrected chi connectivity index (χ4v) is 1.35. The monoisotopic (exact) mass is 238 g/mol. The Hall–Kier alpha value is -2.28. The van der Waals surface area contributed by atoms with Crippen LogP contribution in [0, 0.1) is 0 Å². The number of aliphatic hydroxyl groups is 1. The van der Waals surface area contributed by atoms with Crippen molar-refractivity contribution in [3.8, 4) is 11.4 Å². The number of ether oxygens (including phenoxy) is 1. The molecule has 2 aromatic rings. The molecule has 0 fully saturated rings. The van der Waals surface area contributed by atoms with E-state index in [2.05, 4.69) is 0 Å². The molecule has 17 heavy (non-hydrogen) atoms. The van der Waals surface area contributed by atoms with E-state index in [-0.39, 0.29) is 0 Å². The normalized spacial score (nSPS) is 10.5. The van der Waals surface area contributed by atoms with Crippen molar-refractivity contribution in [2.24, 2.45) is 0 Å². The molecule has 0 radical (unpaired) electrons. The number of benzene rings is 1. The van der Waals surface area contributed by atoms with Crippen LogP contribution in [0.4, 0.5) is 0 Å². The standard InChI is InChI=1S/C10H10N2O5/c1-16-8-4-2-7(3-5-8)12-9(14)11(6-13)10(15)17-12/h2-5,13H,6H2,1H3. The molecule has 1 N–H and O–H groups in total. The van der Waals surface area contributed by atoms with Gasteiger partial charge in [-0.1, -0.05) is 0 Å². The molecule has 0 aliphatic heterocycles. The van der Waals surface area contributed by atoms with Gasteiger partial charge < -0.3 is 14.4 Å². The quantitative estimate of drug-likeness (QED) is 0.782. The first-order valence-electron chi connectivity index (χ1n) is 4.76. The lowest BCUT2D eigenvalue weighted by Gasteiger charge is -2.00. The minimum atomic E-state index is -0.909. The van der Waals surface area contributed by atoms with Crippen LogP contribution in [-0.4, -0.2) is 21.5 Å². The van der Waals surface area contributed by atoms with E-state index >= 15 is 0 Å². The van der Waals surface area contributed by atoms with Gasteiger partial charge in [-0.25, -0.2) is 14.2 Å². The fourth-order valence-electron chi connectivity index (χ4n) is 1.35. The van der Waals surface area contributed by atoms with Gasteiger partial charge in [0.05, 0.1) is 12.8 Å². The largest absolute Gasteiger partial charge is 0.497 e. The smallest absolute Gasteiger partial charge is 0.445 e. The summed E-state index contributed by atoms with van der Waals surface area (Å²) in [6, 6.07) is 6.37. The van der Waals surface area contributed by atoms with E-state index in [0.29, 0.717) is 16.0 Å². The van der Waals surface area contributed by atoms with Crippen LogP contribution in [0.5, 0.6) is 5.75 Å². The highest BCUT2D eigenvalue weighted by atomic mass is 16.5. The summed E-state index contributed by atoms with van der Waals surface area (Å²) >= 11 is 0. The van der Waals surface area contributed by atoms with Crippen LogP contribution < -0.4 is 16.2 Å². The number of methoxy groups -OCH3 is 1. The molecule has 90 valence electrons. The third-order valence-corrected chi connectivity index (χ3v) is 2.24. The number of nitrogens with zero attached hydrogens (tertiary/aromatic N) is 2. The highest BCUT2D eigenvalue weighted by Gasteiger charge is 2.11. The van der Waals surface area contributed by atoms with Crippen LogP contribution in [0.1, 0.15) is 0 Å². The summed E-state index contributed by atoms with van der Waals surface area (Å²) in [5.74, 6) is -0.293. The molecule has 0 unspecified atom stereocenters. The molecule has 1 aromatic heterocycles. The Kier molecular flexibility index (Phi) is 2.84. The van der Waals surface area contributed by atoms with Crippen molar-refractivity contribution >= 4 is 0 Å². The van der Waals surface area contributed by atoms with Crippen molar-refractivity contribution in [3.05, 3.63) is 45.3 Å². The second-order valence-electron chi connectivity index (χ2n) is 3.20.